The van der Waals surface area contributed by atoms with Crippen LogP contribution in [0.3, 0.4) is 0 Å². The molecule has 1 heterocycles. The fourth-order valence-corrected chi connectivity index (χ4v) is 5.60. The number of Topliss-reactive ketones (excluding diaryl/α,β-unsaturated/α-hetero) is 1. The Labute approximate surface area is 257 Å². The van der Waals surface area contributed by atoms with Crippen molar-refractivity contribution in [2.45, 2.75) is 102 Å². The van der Waals surface area contributed by atoms with Crippen LogP contribution in [0.25, 0.3) is 0 Å². The predicted octanol–water partition coefficient (Wildman–Crippen LogP) is 3.69. The van der Waals surface area contributed by atoms with Crippen molar-refractivity contribution in [1.82, 2.24) is 20.9 Å². The van der Waals surface area contributed by atoms with Gasteiger partial charge in [0.25, 0.3) is 5.91 Å². The molecule has 3 N–H and O–H groups in total. The van der Waals surface area contributed by atoms with Crippen molar-refractivity contribution >= 4 is 29.6 Å². The first-order valence-electron chi connectivity index (χ1n) is 15.2. The van der Waals surface area contributed by atoms with E-state index in [0.717, 1.165) is 5.56 Å². The topological polar surface area (TPSA) is 134 Å². The molecule has 0 bridgehead atoms. The van der Waals surface area contributed by atoms with Gasteiger partial charge in [-0.25, -0.2) is 13.6 Å². The molecule has 1 aromatic carbocycles. The summed E-state index contributed by atoms with van der Waals surface area (Å²) < 4.78 is 33.3. The summed E-state index contributed by atoms with van der Waals surface area (Å²) in [5, 5.41) is 7.73. The summed E-state index contributed by atoms with van der Waals surface area (Å²) >= 11 is 0. The highest BCUT2D eigenvalue weighted by molar-refractivity contribution is 6.38. The summed E-state index contributed by atoms with van der Waals surface area (Å²) in [7, 11) is 0. The van der Waals surface area contributed by atoms with Crippen LogP contribution in [-0.2, 0) is 30.3 Å². The number of likely N-dealkylation sites (tertiary alicyclic amines) is 1. The first-order valence-corrected chi connectivity index (χ1v) is 15.2. The van der Waals surface area contributed by atoms with E-state index in [4.69, 9.17) is 4.74 Å². The number of amides is 4. The van der Waals surface area contributed by atoms with Gasteiger partial charge in [-0.3, -0.25) is 19.2 Å². The Balaban J connectivity index is 1.78. The maximum atomic E-state index is 14.0. The van der Waals surface area contributed by atoms with E-state index in [-0.39, 0.29) is 32.4 Å². The number of nitrogens with one attached hydrogen (secondary N) is 3. The largest absolute Gasteiger partial charge is 0.444 e. The molecule has 2 aliphatic rings. The minimum Gasteiger partial charge on any atom is -0.444 e. The third kappa shape index (κ3) is 10.1. The number of ether oxygens (including phenoxy) is 1. The summed E-state index contributed by atoms with van der Waals surface area (Å²) in [4.78, 5) is 67.2. The van der Waals surface area contributed by atoms with Crippen molar-refractivity contribution in [2.24, 2.45) is 5.92 Å². The Morgan fingerprint density at radius 2 is 1.73 bits per heavy atom. The normalized spacial score (nSPS) is 19.8. The minimum absolute atomic E-state index is 0.0137. The molecule has 1 saturated carbocycles. The Bertz CT molecular complexity index is 1190. The average Bonchev–Trinajstić information content (AvgIpc) is 3.46. The van der Waals surface area contributed by atoms with Gasteiger partial charge in [-0.2, -0.15) is 0 Å². The Hall–Kier alpha value is -3.83. The zero-order chi connectivity index (χ0) is 32.5. The van der Waals surface area contributed by atoms with Crippen LogP contribution in [0, 0.1) is 5.92 Å². The number of carbonyl (C=O) groups is 5. The first-order chi connectivity index (χ1) is 20.7. The van der Waals surface area contributed by atoms with Crippen LogP contribution in [0.2, 0.25) is 0 Å². The summed E-state index contributed by atoms with van der Waals surface area (Å²) in [6.45, 7) is 8.80. The van der Waals surface area contributed by atoms with Crippen LogP contribution in [0.4, 0.5) is 13.6 Å². The number of alkyl halides is 2. The average molecular weight is 619 g/mol. The molecular formula is C32H44F2N4O6. The second-order valence-corrected chi connectivity index (χ2v) is 12.5. The van der Waals surface area contributed by atoms with Gasteiger partial charge < -0.3 is 25.6 Å². The zero-order valence-electron chi connectivity index (χ0n) is 25.7. The molecule has 0 spiro atoms. The van der Waals surface area contributed by atoms with Gasteiger partial charge in [0, 0.05) is 25.9 Å². The lowest BCUT2D eigenvalue weighted by Crippen LogP contribution is -2.58. The molecule has 242 valence electrons. The number of hydrogen-bond donors (Lipinski definition) is 3. The summed E-state index contributed by atoms with van der Waals surface area (Å²) in [5.74, 6) is -6.28. The van der Waals surface area contributed by atoms with Crippen LogP contribution in [0.1, 0.15) is 71.3 Å². The highest BCUT2D eigenvalue weighted by Crippen LogP contribution is 2.38. The van der Waals surface area contributed by atoms with Crippen molar-refractivity contribution in [3.8, 4) is 0 Å². The van der Waals surface area contributed by atoms with Gasteiger partial charge in [-0.05, 0) is 70.8 Å². The highest BCUT2D eigenvalue weighted by atomic mass is 19.3. The molecule has 0 radical (unpaired) electrons. The van der Waals surface area contributed by atoms with Gasteiger partial charge in [0.2, 0.25) is 23.5 Å². The van der Waals surface area contributed by atoms with Gasteiger partial charge in [0.15, 0.2) is 0 Å². The minimum atomic E-state index is -2.84. The molecule has 2 fully saturated rings. The monoisotopic (exact) mass is 618 g/mol. The fourth-order valence-electron chi connectivity index (χ4n) is 5.60. The number of alkyl carbamates (subject to hydrolysis) is 1. The molecule has 0 aromatic heterocycles. The molecule has 1 aliphatic carbocycles. The fraction of sp³-hybridized carbons (Fsp3) is 0.594. The van der Waals surface area contributed by atoms with Crippen molar-refractivity contribution in [2.75, 3.05) is 13.1 Å². The van der Waals surface area contributed by atoms with Crippen molar-refractivity contribution in [1.29, 1.82) is 0 Å². The van der Waals surface area contributed by atoms with E-state index in [0.29, 0.717) is 19.3 Å². The van der Waals surface area contributed by atoms with Gasteiger partial charge in [0.05, 0.1) is 6.04 Å². The lowest BCUT2D eigenvalue weighted by atomic mass is 9.81. The number of aryl methyl sites for hydroxylation is 1. The molecule has 10 nitrogen and oxygen atoms in total. The first kappa shape index (κ1) is 34.7. The molecule has 3 atom stereocenters. The van der Waals surface area contributed by atoms with Gasteiger partial charge >= 0.3 is 6.09 Å². The molecule has 3 unspecified atom stereocenters. The molecular weight excluding hydrogens is 574 g/mol. The molecule has 1 saturated heterocycles. The highest BCUT2D eigenvalue weighted by Gasteiger charge is 2.45. The number of benzene rings is 1. The summed E-state index contributed by atoms with van der Waals surface area (Å²) in [5.41, 5.74) is 0.0601. The van der Waals surface area contributed by atoms with Crippen LogP contribution < -0.4 is 16.0 Å². The van der Waals surface area contributed by atoms with E-state index < -0.39 is 78.0 Å². The summed E-state index contributed by atoms with van der Waals surface area (Å²) in [6.07, 6.45) is 1.10. The van der Waals surface area contributed by atoms with Crippen LogP contribution in [0.15, 0.2) is 43.0 Å². The molecule has 3 rings (SSSR count). The van der Waals surface area contributed by atoms with E-state index in [9.17, 15) is 32.8 Å². The van der Waals surface area contributed by atoms with E-state index in [1.54, 1.807) is 20.8 Å². The third-order valence-corrected chi connectivity index (χ3v) is 7.84. The van der Waals surface area contributed by atoms with Crippen molar-refractivity contribution in [3.05, 3.63) is 48.6 Å². The van der Waals surface area contributed by atoms with Crippen molar-refractivity contribution < 1.29 is 37.5 Å². The number of hydrogen-bond acceptors (Lipinski definition) is 6. The molecule has 4 amide bonds. The summed E-state index contributed by atoms with van der Waals surface area (Å²) in [6, 6.07) is 5.99. The standard InChI is InChI=1S/C32H44F2N4O6/c1-5-19-35-28(41)26(39)23(14-13-21-10-7-6-8-11-21)36-27(40)24-12-9-20-38(24)29(42)25(37-30(43)44-31(2,3)4)22-15-17-32(33,34)18-16-22/h5-8,10-11,22-25H,1,9,12-20H2,2-4H3,(H,35,41)(H,36,40)(H,37,43). The number of halogens is 2. The molecule has 1 aliphatic heterocycles. The number of ketones is 1. The quantitative estimate of drug-likeness (QED) is 0.242. The Morgan fingerprint density at radius 1 is 1.07 bits per heavy atom. The maximum Gasteiger partial charge on any atom is 0.408 e. The second-order valence-electron chi connectivity index (χ2n) is 12.5. The maximum absolute atomic E-state index is 14.0. The Morgan fingerprint density at radius 3 is 2.34 bits per heavy atom. The van der Waals surface area contributed by atoms with Gasteiger partial charge in [-0.15, -0.1) is 6.58 Å². The predicted molar refractivity (Wildman–Crippen MR) is 160 cm³/mol. The Kier molecular flexibility index (Phi) is 12.0. The number of carbonyl (C=O) groups excluding carboxylic acids is 5. The SMILES string of the molecule is C=CCNC(=O)C(=O)C(CCc1ccccc1)NC(=O)C1CCCN1C(=O)C(NC(=O)OC(C)(C)C)C1CCC(F)(F)CC1. The third-order valence-electron chi connectivity index (χ3n) is 7.84. The number of nitrogens with zero attached hydrogens (tertiary/aromatic N) is 1. The molecule has 1 aromatic rings. The van der Waals surface area contributed by atoms with Crippen molar-refractivity contribution in [3.63, 3.8) is 0 Å². The molecule has 44 heavy (non-hydrogen) atoms. The molecule has 12 heteroatoms. The van der Waals surface area contributed by atoms with Crippen LogP contribution >= 0.6 is 0 Å². The van der Waals surface area contributed by atoms with E-state index in [2.05, 4.69) is 22.5 Å². The van der Waals surface area contributed by atoms with Crippen LogP contribution in [-0.4, -0.2) is 77.2 Å². The van der Waals surface area contributed by atoms with Gasteiger partial charge in [0.1, 0.15) is 17.7 Å². The van der Waals surface area contributed by atoms with Crippen LogP contribution in [0.5, 0.6) is 0 Å². The van der Waals surface area contributed by atoms with E-state index in [1.165, 1.54) is 11.0 Å². The lowest BCUT2D eigenvalue weighted by Gasteiger charge is -2.36. The smallest absolute Gasteiger partial charge is 0.408 e. The van der Waals surface area contributed by atoms with Gasteiger partial charge in [-0.1, -0.05) is 36.4 Å². The van der Waals surface area contributed by atoms with E-state index >= 15 is 0 Å². The van der Waals surface area contributed by atoms with E-state index in [1.807, 2.05) is 30.3 Å². The zero-order valence-corrected chi connectivity index (χ0v) is 25.7. The number of rotatable bonds is 12. The second kappa shape index (κ2) is 15.3. The lowest BCUT2D eigenvalue weighted by molar-refractivity contribution is -0.144.